The number of carbonyl (C=O) groups excluding carboxylic acids is 1. The van der Waals surface area contributed by atoms with Gasteiger partial charge in [-0.05, 0) is 74.1 Å². The standard InChI is InChI=1S/C16H15BrN2OS/c1-10-9-13(17)5-8-15(10)19-16(21)18-14-6-3-12(4-7-14)11(2)20/h3-9H,1-2H3,(H2,18,19,21). The van der Waals surface area contributed by atoms with Crippen LogP contribution < -0.4 is 10.6 Å². The summed E-state index contributed by atoms with van der Waals surface area (Å²) in [5.74, 6) is 0.0488. The molecule has 108 valence electrons. The van der Waals surface area contributed by atoms with Crippen molar-refractivity contribution < 1.29 is 4.79 Å². The van der Waals surface area contributed by atoms with Gasteiger partial charge in [0, 0.05) is 21.4 Å². The normalized spacial score (nSPS) is 10.0. The van der Waals surface area contributed by atoms with Gasteiger partial charge in [-0.15, -0.1) is 0 Å². The number of halogens is 1. The van der Waals surface area contributed by atoms with Crippen LogP contribution in [0.2, 0.25) is 0 Å². The first-order chi connectivity index (χ1) is 9.95. The molecule has 0 fully saturated rings. The molecule has 0 bridgehead atoms. The second-order valence-corrected chi connectivity index (χ2v) is 6.00. The Morgan fingerprint density at radius 3 is 2.33 bits per heavy atom. The first-order valence-corrected chi connectivity index (χ1v) is 7.61. The topological polar surface area (TPSA) is 41.1 Å². The Morgan fingerprint density at radius 2 is 1.76 bits per heavy atom. The Morgan fingerprint density at radius 1 is 1.10 bits per heavy atom. The van der Waals surface area contributed by atoms with Crippen LogP contribution >= 0.6 is 28.1 Å². The van der Waals surface area contributed by atoms with Crippen LogP contribution in [0.25, 0.3) is 0 Å². The van der Waals surface area contributed by atoms with Crippen molar-refractivity contribution >= 4 is 50.4 Å². The van der Waals surface area contributed by atoms with Crippen molar-refractivity contribution in [3.63, 3.8) is 0 Å². The van der Waals surface area contributed by atoms with Crippen LogP contribution in [-0.2, 0) is 0 Å². The number of anilines is 2. The highest BCUT2D eigenvalue weighted by molar-refractivity contribution is 9.10. The minimum absolute atomic E-state index is 0.0488. The van der Waals surface area contributed by atoms with Crippen molar-refractivity contribution in [2.24, 2.45) is 0 Å². The van der Waals surface area contributed by atoms with Gasteiger partial charge in [0.1, 0.15) is 0 Å². The number of carbonyl (C=O) groups is 1. The maximum Gasteiger partial charge on any atom is 0.175 e. The van der Waals surface area contributed by atoms with Crippen LogP contribution in [0.15, 0.2) is 46.9 Å². The molecule has 0 saturated carbocycles. The quantitative estimate of drug-likeness (QED) is 0.609. The number of Topliss-reactive ketones (excluding diaryl/α,β-unsaturated/α-hetero) is 1. The highest BCUT2D eigenvalue weighted by Gasteiger charge is 2.03. The van der Waals surface area contributed by atoms with E-state index in [1.54, 1.807) is 19.1 Å². The second-order valence-electron chi connectivity index (χ2n) is 4.67. The zero-order chi connectivity index (χ0) is 15.4. The zero-order valence-corrected chi connectivity index (χ0v) is 14.1. The molecule has 0 unspecified atom stereocenters. The number of nitrogens with one attached hydrogen (secondary N) is 2. The third-order valence-electron chi connectivity index (χ3n) is 2.99. The van der Waals surface area contributed by atoms with Crippen LogP contribution in [0, 0.1) is 6.92 Å². The van der Waals surface area contributed by atoms with E-state index in [-0.39, 0.29) is 5.78 Å². The summed E-state index contributed by atoms with van der Waals surface area (Å²) in [5, 5.41) is 6.76. The van der Waals surface area contributed by atoms with Gasteiger partial charge in [-0.3, -0.25) is 4.79 Å². The van der Waals surface area contributed by atoms with E-state index in [0.29, 0.717) is 10.7 Å². The fraction of sp³-hybridized carbons (Fsp3) is 0.125. The van der Waals surface area contributed by atoms with Crippen molar-refractivity contribution in [1.82, 2.24) is 0 Å². The third kappa shape index (κ3) is 4.37. The third-order valence-corrected chi connectivity index (χ3v) is 3.68. The van der Waals surface area contributed by atoms with Crippen molar-refractivity contribution in [1.29, 1.82) is 0 Å². The van der Waals surface area contributed by atoms with E-state index in [1.165, 1.54) is 0 Å². The van der Waals surface area contributed by atoms with Crippen molar-refractivity contribution in [2.45, 2.75) is 13.8 Å². The molecule has 0 aliphatic rings. The number of thiocarbonyl (C=S) groups is 1. The Bertz CT molecular complexity index is 683. The summed E-state index contributed by atoms with van der Waals surface area (Å²) >= 11 is 8.72. The summed E-state index contributed by atoms with van der Waals surface area (Å²) < 4.78 is 1.03. The number of rotatable bonds is 3. The SMILES string of the molecule is CC(=O)c1ccc(NC(=S)Nc2ccc(Br)cc2C)cc1. The lowest BCUT2D eigenvalue weighted by molar-refractivity contribution is 0.101. The molecule has 2 rings (SSSR count). The maximum atomic E-state index is 11.2. The molecule has 2 N–H and O–H groups in total. The van der Waals surface area contributed by atoms with E-state index in [0.717, 1.165) is 21.4 Å². The van der Waals surface area contributed by atoms with Gasteiger partial charge >= 0.3 is 0 Å². The molecule has 0 heterocycles. The summed E-state index contributed by atoms with van der Waals surface area (Å²) in [7, 11) is 0. The number of hydrogen-bond donors (Lipinski definition) is 2. The molecule has 0 amide bonds. The molecule has 2 aromatic rings. The van der Waals surface area contributed by atoms with E-state index in [4.69, 9.17) is 12.2 Å². The number of hydrogen-bond acceptors (Lipinski definition) is 2. The van der Waals surface area contributed by atoms with E-state index in [1.807, 2.05) is 37.3 Å². The van der Waals surface area contributed by atoms with Gasteiger partial charge in [0.2, 0.25) is 0 Å². The second kappa shape index (κ2) is 6.83. The summed E-state index contributed by atoms with van der Waals surface area (Å²) in [5.41, 5.74) is 3.58. The van der Waals surface area contributed by atoms with Gasteiger partial charge in [0.15, 0.2) is 10.9 Å². The first kappa shape index (κ1) is 15.7. The average Bonchev–Trinajstić information content (AvgIpc) is 2.42. The minimum atomic E-state index is 0.0488. The van der Waals surface area contributed by atoms with Gasteiger partial charge in [-0.1, -0.05) is 15.9 Å². The molecule has 5 heteroatoms. The number of ketones is 1. The summed E-state index contributed by atoms with van der Waals surface area (Å²) in [6.07, 6.45) is 0. The van der Waals surface area contributed by atoms with Crippen LogP contribution in [0.5, 0.6) is 0 Å². The molecule has 0 saturated heterocycles. The first-order valence-electron chi connectivity index (χ1n) is 6.41. The predicted molar refractivity (Wildman–Crippen MR) is 95.2 cm³/mol. The van der Waals surface area contributed by atoms with Gasteiger partial charge in [0.25, 0.3) is 0 Å². The molecule has 3 nitrogen and oxygen atoms in total. The Kier molecular flexibility index (Phi) is 5.09. The van der Waals surface area contributed by atoms with Crippen LogP contribution in [0.1, 0.15) is 22.8 Å². The smallest absolute Gasteiger partial charge is 0.175 e. The molecule has 2 aromatic carbocycles. The molecule has 0 aromatic heterocycles. The van der Waals surface area contributed by atoms with Gasteiger partial charge in [-0.2, -0.15) is 0 Å². The molecule has 0 aliphatic carbocycles. The summed E-state index contributed by atoms with van der Waals surface area (Å²) in [6.45, 7) is 3.56. The molecule has 0 spiro atoms. The van der Waals surface area contributed by atoms with Gasteiger partial charge in [-0.25, -0.2) is 0 Å². The van der Waals surface area contributed by atoms with E-state index in [2.05, 4.69) is 26.6 Å². The lowest BCUT2D eigenvalue weighted by atomic mass is 10.1. The fourth-order valence-electron chi connectivity index (χ4n) is 1.84. The van der Waals surface area contributed by atoms with E-state index >= 15 is 0 Å². The Labute approximate surface area is 137 Å². The van der Waals surface area contributed by atoms with Crippen LogP contribution in [-0.4, -0.2) is 10.9 Å². The molecule has 0 aliphatic heterocycles. The lowest BCUT2D eigenvalue weighted by Crippen LogP contribution is -2.19. The number of benzene rings is 2. The van der Waals surface area contributed by atoms with Crippen LogP contribution in [0.3, 0.4) is 0 Å². The molecular formula is C16H15BrN2OS. The maximum absolute atomic E-state index is 11.2. The Hall–Kier alpha value is -1.72. The summed E-state index contributed by atoms with van der Waals surface area (Å²) in [4.78, 5) is 11.2. The van der Waals surface area contributed by atoms with E-state index < -0.39 is 0 Å². The molecule has 0 atom stereocenters. The van der Waals surface area contributed by atoms with Crippen LogP contribution in [0.4, 0.5) is 11.4 Å². The Balaban J connectivity index is 2.02. The lowest BCUT2D eigenvalue weighted by Gasteiger charge is -2.13. The van der Waals surface area contributed by atoms with Crippen molar-refractivity contribution in [2.75, 3.05) is 10.6 Å². The zero-order valence-electron chi connectivity index (χ0n) is 11.7. The fourth-order valence-corrected chi connectivity index (χ4v) is 2.54. The number of aryl methyl sites for hydroxylation is 1. The minimum Gasteiger partial charge on any atom is -0.332 e. The monoisotopic (exact) mass is 362 g/mol. The van der Waals surface area contributed by atoms with E-state index in [9.17, 15) is 4.79 Å². The average molecular weight is 363 g/mol. The molecule has 21 heavy (non-hydrogen) atoms. The molecular weight excluding hydrogens is 348 g/mol. The summed E-state index contributed by atoms with van der Waals surface area (Å²) in [6, 6.07) is 13.2. The van der Waals surface area contributed by atoms with Crippen molar-refractivity contribution in [3.8, 4) is 0 Å². The molecule has 0 radical (unpaired) electrons. The highest BCUT2D eigenvalue weighted by Crippen LogP contribution is 2.20. The van der Waals surface area contributed by atoms with Crippen molar-refractivity contribution in [3.05, 3.63) is 58.1 Å². The predicted octanol–water partition coefficient (Wildman–Crippen LogP) is 4.77. The largest absolute Gasteiger partial charge is 0.332 e. The van der Waals surface area contributed by atoms with Gasteiger partial charge < -0.3 is 10.6 Å². The van der Waals surface area contributed by atoms with Gasteiger partial charge in [0.05, 0.1) is 0 Å². The highest BCUT2D eigenvalue weighted by atomic mass is 79.9.